The normalized spacial score (nSPS) is 12.9. The van der Waals surface area contributed by atoms with Crippen molar-refractivity contribution >= 4 is 119 Å². The zero-order valence-electron chi connectivity index (χ0n) is 30.2. The number of nitrogens with zero attached hydrogens (tertiary/aromatic N) is 4. The van der Waals surface area contributed by atoms with Gasteiger partial charge in [-0.1, -0.05) is 121 Å². The first-order valence-electron chi connectivity index (χ1n) is 18.8. The second-order valence-corrected chi connectivity index (χ2v) is 15.4. The van der Waals surface area contributed by atoms with Crippen molar-refractivity contribution in [2.75, 3.05) is 0 Å². The first-order valence-corrected chi connectivity index (χ1v) is 19.7. The smallest absolute Gasteiger partial charge is 0.235 e. The summed E-state index contributed by atoms with van der Waals surface area (Å²) in [6.07, 6.45) is 6.34. The first kappa shape index (κ1) is 30.6. The van der Waals surface area contributed by atoms with Gasteiger partial charge in [0.1, 0.15) is 0 Å². The van der Waals surface area contributed by atoms with Crippen LogP contribution in [0.4, 0.5) is 0 Å². The fourth-order valence-corrected chi connectivity index (χ4v) is 10.5. The van der Waals surface area contributed by atoms with Gasteiger partial charge in [-0.05, 0) is 72.0 Å². The molecule has 0 aliphatic rings. The zero-order valence-corrected chi connectivity index (χ0v) is 31.0. The first-order chi connectivity index (χ1) is 27.2. The summed E-state index contributed by atoms with van der Waals surface area (Å²) in [6, 6.07) is 51.1. The van der Waals surface area contributed by atoms with Crippen LogP contribution < -0.4 is 0 Å². The van der Waals surface area contributed by atoms with Crippen LogP contribution in [0.25, 0.3) is 113 Å². The van der Waals surface area contributed by atoms with Crippen molar-refractivity contribution in [2.24, 2.45) is 0 Å². The average molecular weight is 721 g/mol. The number of aromatic nitrogens is 4. The highest BCUT2D eigenvalue weighted by atomic mass is 32.1. The average Bonchev–Trinajstić information content (AvgIpc) is 3.90. The minimum atomic E-state index is 0.661. The molecule has 0 amide bonds. The molecule has 0 spiro atoms. The van der Waals surface area contributed by atoms with Crippen LogP contribution >= 0.6 is 11.3 Å². The van der Waals surface area contributed by atoms with Crippen LogP contribution in [-0.2, 0) is 0 Å². The molecule has 7 aromatic carbocycles. The van der Waals surface area contributed by atoms with E-state index in [1.807, 2.05) is 11.3 Å². The molecule has 0 saturated heterocycles. The molecule has 5 aromatic heterocycles. The molecule has 0 radical (unpaired) electrons. The second-order valence-electron chi connectivity index (χ2n) is 14.4. The molecule has 0 N–H and O–H groups in total. The van der Waals surface area contributed by atoms with Gasteiger partial charge in [0.05, 0.1) is 38.8 Å². The third-order valence-corrected chi connectivity index (χ3v) is 12.7. The number of hydrogen-bond acceptors (Lipinski definition) is 3. The molecule has 5 heteroatoms. The monoisotopic (exact) mass is 720 g/mol. The van der Waals surface area contributed by atoms with E-state index < -0.39 is 0 Å². The summed E-state index contributed by atoms with van der Waals surface area (Å²) in [4.78, 5) is 10.7. The lowest BCUT2D eigenvalue weighted by Gasteiger charge is -2.12. The number of thiophene rings is 1. The molecule has 5 heterocycles. The van der Waals surface area contributed by atoms with E-state index in [4.69, 9.17) is 9.97 Å². The molecule has 4 nitrogen and oxygen atoms in total. The number of fused-ring (bicyclic) bond motifs is 13. The van der Waals surface area contributed by atoms with Gasteiger partial charge >= 0.3 is 0 Å². The van der Waals surface area contributed by atoms with Gasteiger partial charge in [0.25, 0.3) is 0 Å². The molecule has 0 unspecified atom stereocenters. The summed E-state index contributed by atoms with van der Waals surface area (Å²) in [5.74, 6) is 0.661. The van der Waals surface area contributed by atoms with Crippen LogP contribution in [0.2, 0.25) is 0 Å². The maximum Gasteiger partial charge on any atom is 0.235 e. The molecule has 0 aliphatic heterocycles. The van der Waals surface area contributed by atoms with E-state index in [0.29, 0.717) is 5.95 Å². The largest absolute Gasteiger partial charge is 0.307 e. The summed E-state index contributed by atoms with van der Waals surface area (Å²) in [6.45, 7) is 4.13. The molecule has 12 aromatic rings. The molecule has 0 fully saturated rings. The van der Waals surface area contributed by atoms with E-state index in [9.17, 15) is 0 Å². The molecule has 0 aliphatic carbocycles. The van der Waals surface area contributed by atoms with Gasteiger partial charge in [0.15, 0.2) is 0 Å². The summed E-state index contributed by atoms with van der Waals surface area (Å²) in [5, 5.41) is 13.5. The molecule has 258 valence electrons. The predicted molar refractivity (Wildman–Crippen MR) is 236 cm³/mol. The highest BCUT2D eigenvalue weighted by Crippen LogP contribution is 2.48. The summed E-state index contributed by atoms with van der Waals surface area (Å²) < 4.78 is 7.47. The van der Waals surface area contributed by atoms with Gasteiger partial charge in [-0.2, -0.15) is 0 Å². The fourth-order valence-electron chi connectivity index (χ4n) is 9.35. The van der Waals surface area contributed by atoms with Crippen LogP contribution in [0.3, 0.4) is 0 Å². The Morgan fingerprint density at radius 2 is 1.13 bits per heavy atom. The lowest BCUT2D eigenvalue weighted by atomic mass is 10.0. The van der Waals surface area contributed by atoms with E-state index in [1.54, 1.807) is 0 Å². The summed E-state index contributed by atoms with van der Waals surface area (Å²) in [7, 11) is 0. The zero-order chi connectivity index (χ0) is 36.4. The maximum absolute atomic E-state index is 5.39. The van der Waals surface area contributed by atoms with E-state index in [0.717, 1.165) is 33.2 Å². The van der Waals surface area contributed by atoms with Crippen molar-refractivity contribution in [1.29, 1.82) is 0 Å². The molecular weight excluding hydrogens is 689 g/mol. The van der Waals surface area contributed by atoms with Crippen molar-refractivity contribution in [3.05, 3.63) is 163 Å². The van der Waals surface area contributed by atoms with Crippen LogP contribution in [0.5, 0.6) is 0 Å². The van der Waals surface area contributed by atoms with Gasteiger partial charge in [-0.15, -0.1) is 11.3 Å². The Bertz CT molecular complexity index is 3690. The standard InChI is InChI=1S/C50H32N4S/c1-3-14-29(4-2)47-36-18-7-10-21-38(36)51-50(52-47)53-40-23-12-9-19-37(40)44-41(53)27-25-34-35-26-28-43-46-45-33(20-13-24-42(45)55-43)31-16-6-5-15-30(31)32-17-8-11-22-39(32)54(48(34)44)49(35)46/h3-28H,1-2H3/b14-3-,29-4+. The molecule has 12 rings (SSSR count). The minimum Gasteiger partial charge on any atom is -0.307 e. The third-order valence-electron chi connectivity index (χ3n) is 11.6. The fraction of sp³-hybridized carbons (Fsp3) is 0.0400. The Balaban J connectivity index is 1.36. The van der Waals surface area contributed by atoms with Crippen molar-refractivity contribution in [3.8, 4) is 5.95 Å². The van der Waals surface area contributed by atoms with E-state index in [-0.39, 0.29) is 0 Å². The third kappa shape index (κ3) is 4.05. The number of hydrogen-bond donors (Lipinski definition) is 0. The van der Waals surface area contributed by atoms with E-state index >= 15 is 0 Å². The van der Waals surface area contributed by atoms with Gasteiger partial charge in [-0.25, -0.2) is 9.97 Å². The molecule has 55 heavy (non-hydrogen) atoms. The molecule has 0 saturated carbocycles. The van der Waals surface area contributed by atoms with Crippen LogP contribution in [0, 0.1) is 0 Å². The highest BCUT2D eigenvalue weighted by Gasteiger charge is 2.24. The molecule has 0 atom stereocenters. The SMILES string of the molecule is C/C=C\C(=C/C)c1nc(-n2c3ccccc3c3c2ccc2c4ccc5sc6cccc7c8ccccc8c8ccccc8n(c4c5c67)c23)nc2ccccc12. The van der Waals surface area contributed by atoms with Crippen molar-refractivity contribution < 1.29 is 0 Å². The lowest BCUT2D eigenvalue weighted by Crippen LogP contribution is -2.04. The Morgan fingerprint density at radius 1 is 0.491 bits per heavy atom. The molecular formula is C50H32N4S. The van der Waals surface area contributed by atoms with Gasteiger partial charge in [-0.3, -0.25) is 4.57 Å². The number of benzene rings is 7. The number of para-hydroxylation sites is 3. The number of rotatable bonds is 3. The van der Waals surface area contributed by atoms with Gasteiger partial charge in [0.2, 0.25) is 5.95 Å². The predicted octanol–water partition coefficient (Wildman–Crippen LogP) is 13.9. The van der Waals surface area contributed by atoms with Crippen molar-refractivity contribution in [3.63, 3.8) is 0 Å². The van der Waals surface area contributed by atoms with E-state index in [1.165, 1.54) is 79.8 Å². The van der Waals surface area contributed by atoms with Crippen molar-refractivity contribution in [1.82, 2.24) is 18.9 Å². The summed E-state index contributed by atoms with van der Waals surface area (Å²) in [5.41, 5.74) is 8.69. The number of allylic oxidation sites excluding steroid dienone is 4. The quantitative estimate of drug-likeness (QED) is 0.170. The van der Waals surface area contributed by atoms with Crippen LogP contribution in [0.1, 0.15) is 19.5 Å². The van der Waals surface area contributed by atoms with Crippen molar-refractivity contribution in [2.45, 2.75) is 13.8 Å². The molecule has 0 bridgehead atoms. The maximum atomic E-state index is 5.39. The lowest BCUT2D eigenvalue weighted by molar-refractivity contribution is 1.00. The van der Waals surface area contributed by atoms with Gasteiger partial charge in [0, 0.05) is 52.5 Å². The topological polar surface area (TPSA) is 35.1 Å². The highest BCUT2D eigenvalue weighted by molar-refractivity contribution is 7.26. The Labute approximate surface area is 319 Å². The Morgan fingerprint density at radius 3 is 1.93 bits per heavy atom. The Kier molecular flexibility index (Phi) is 6.32. The minimum absolute atomic E-state index is 0.661. The Hall–Kier alpha value is -6.82. The second kappa shape index (κ2) is 11.3. The summed E-state index contributed by atoms with van der Waals surface area (Å²) >= 11 is 1.89. The van der Waals surface area contributed by atoms with Gasteiger partial charge < -0.3 is 4.40 Å². The van der Waals surface area contributed by atoms with E-state index in [2.05, 4.69) is 181 Å². The van der Waals surface area contributed by atoms with Crippen LogP contribution in [-0.4, -0.2) is 18.9 Å². The van der Waals surface area contributed by atoms with Crippen LogP contribution in [0.15, 0.2) is 158 Å².